The molecule has 0 saturated carbocycles. The van der Waals surface area contributed by atoms with Gasteiger partial charge in [0.15, 0.2) is 5.82 Å². The second-order valence-electron chi connectivity index (χ2n) is 1.42. The molecule has 0 fully saturated rings. The third-order valence-electron chi connectivity index (χ3n) is 0.809. The lowest BCUT2D eigenvalue weighted by molar-refractivity contribution is 0.477. The number of nitrogens with zero attached hydrogens (tertiary/aromatic N) is 2. The maximum absolute atomic E-state index is 8.26. The van der Waals surface area contributed by atoms with E-state index in [4.69, 9.17) is 5.11 Å². The molecule has 9 heavy (non-hydrogen) atoms. The fourth-order valence-corrected chi connectivity index (χ4v) is 0.463. The molecule has 1 heterocycles. The molecule has 0 aliphatic rings. The van der Waals surface area contributed by atoms with Crippen molar-refractivity contribution in [3.05, 3.63) is 30.5 Å². The highest BCUT2D eigenvalue weighted by molar-refractivity contribution is 5.36. The van der Waals surface area contributed by atoms with Crippen molar-refractivity contribution in [1.29, 1.82) is 0 Å². The SMILES string of the molecule is OC=Cc1ncccn1. The standard InChI is InChI=1S/C6H6N2O/c9-5-2-6-7-3-1-4-8-6/h1-5,9H. The van der Waals surface area contributed by atoms with Gasteiger partial charge in [-0.15, -0.1) is 0 Å². The summed E-state index contributed by atoms with van der Waals surface area (Å²) >= 11 is 0. The zero-order chi connectivity index (χ0) is 6.53. The Balaban J connectivity index is 2.85. The van der Waals surface area contributed by atoms with Crippen LogP contribution in [0.3, 0.4) is 0 Å². The highest BCUT2D eigenvalue weighted by Gasteiger charge is 1.81. The summed E-state index contributed by atoms with van der Waals surface area (Å²) in [6, 6.07) is 1.72. The molecule has 1 aromatic heterocycles. The van der Waals surface area contributed by atoms with E-state index in [0.717, 1.165) is 6.26 Å². The number of aliphatic hydroxyl groups is 1. The van der Waals surface area contributed by atoms with Crippen molar-refractivity contribution in [2.75, 3.05) is 0 Å². The monoisotopic (exact) mass is 122 g/mol. The van der Waals surface area contributed by atoms with Gasteiger partial charge >= 0.3 is 0 Å². The Morgan fingerprint density at radius 3 is 2.56 bits per heavy atom. The second kappa shape index (κ2) is 2.81. The molecule has 0 saturated heterocycles. The highest BCUT2D eigenvalue weighted by atomic mass is 16.2. The minimum absolute atomic E-state index is 0.514. The molecular formula is C6H6N2O. The maximum Gasteiger partial charge on any atom is 0.154 e. The normalized spacial score (nSPS) is 10.2. The second-order valence-corrected chi connectivity index (χ2v) is 1.42. The lowest BCUT2D eigenvalue weighted by atomic mass is 10.5. The first-order valence-corrected chi connectivity index (χ1v) is 2.51. The Labute approximate surface area is 52.7 Å². The Morgan fingerprint density at radius 1 is 1.33 bits per heavy atom. The first-order valence-electron chi connectivity index (χ1n) is 2.51. The summed E-state index contributed by atoms with van der Waals surface area (Å²) < 4.78 is 0. The van der Waals surface area contributed by atoms with Crippen molar-refractivity contribution in [2.24, 2.45) is 0 Å². The summed E-state index contributed by atoms with van der Waals surface area (Å²) in [5.74, 6) is 0.514. The van der Waals surface area contributed by atoms with Crippen LogP contribution in [0.15, 0.2) is 24.7 Å². The number of aliphatic hydroxyl groups excluding tert-OH is 1. The van der Waals surface area contributed by atoms with E-state index < -0.39 is 0 Å². The Bertz CT molecular complexity index is 195. The van der Waals surface area contributed by atoms with E-state index in [1.54, 1.807) is 18.5 Å². The van der Waals surface area contributed by atoms with E-state index in [1.807, 2.05) is 0 Å². The average molecular weight is 122 g/mol. The van der Waals surface area contributed by atoms with Gasteiger partial charge in [0.05, 0.1) is 6.26 Å². The summed E-state index contributed by atoms with van der Waals surface area (Å²) in [5.41, 5.74) is 0. The molecular weight excluding hydrogens is 116 g/mol. The number of hydrogen-bond acceptors (Lipinski definition) is 3. The van der Waals surface area contributed by atoms with Crippen LogP contribution in [0.2, 0.25) is 0 Å². The van der Waals surface area contributed by atoms with Crippen molar-refractivity contribution in [3.63, 3.8) is 0 Å². The van der Waals surface area contributed by atoms with Crippen LogP contribution >= 0.6 is 0 Å². The predicted octanol–water partition coefficient (Wildman–Crippen LogP) is 1.01. The van der Waals surface area contributed by atoms with Gasteiger partial charge in [-0.25, -0.2) is 9.97 Å². The average Bonchev–Trinajstić information content (AvgIpc) is 1.91. The fourth-order valence-electron chi connectivity index (χ4n) is 0.463. The van der Waals surface area contributed by atoms with Crippen LogP contribution in [0, 0.1) is 0 Å². The van der Waals surface area contributed by atoms with E-state index in [1.165, 1.54) is 6.08 Å². The molecule has 1 N–H and O–H groups in total. The minimum atomic E-state index is 0.514. The zero-order valence-corrected chi connectivity index (χ0v) is 4.73. The predicted molar refractivity (Wildman–Crippen MR) is 33.7 cm³/mol. The smallest absolute Gasteiger partial charge is 0.154 e. The Morgan fingerprint density at radius 2 is 2.00 bits per heavy atom. The molecule has 3 heteroatoms. The number of rotatable bonds is 1. The number of aromatic nitrogens is 2. The largest absolute Gasteiger partial charge is 0.515 e. The molecule has 3 nitrogen and oxygen atoms in total. The Hall–Kier alpha value is -1.38. The van der Waals surface area contributed by atoms with Crippen LogP contribution in [0.5, 0.6) is 0 Å². The quantitative estimate of drug-likeness (QED) is 0.565. The van der Waals surface area contributed by atoms with E-state index in [2.05, 4.69) is 9.97 Å². The zero-order valence-electron chi connectivity index (χ0n) is 4.73. The van der Waals surface area contributed by atoms with Crippen molar-refractivity contribution < 1.29 is 5.11 Å². The maximum atomic E-state index is 8.26. The molecule has 0 aromatic carbocycles. The van der Waals surface area contributed by atoms with Gasteiger partial charge in [0, 0.05) is 18.5 Å². The van der Waals surface area contributed by atoms with Crippen molar-refractivity contribution in [3.8, 4) is 0 Å². The van der Waals surface area contributed by atoms with Gasteiger partial charge in [-0.05, 0) is 6.07 Å². The summed E-state index contributed by atoms with van der Waals surface area (Å²) in [5, 5.41) is 8.26. The van der Waals surface area contributed by atoms with Crippen LogP contribution in [0.25, 0.3) is 6.08 Å². The molecule has 0 bridgehead atoms. The fraction of sp³-hybridized carbons (Fsp3) is 0. The Kier molecular flexibility index (Phi) is 1.80. The third kappa shape index (κ3) is 1.53. The molecule has 0 amide bonds. The van der Waals surface area contributed by atoms with Crippen LogP contribution in [-0.2, 0) is 0 Å². The van der Waals surface area contributed by atoms with Gasteiger partial charge in [0.25, 0.3) is 0 Å². The van der Waals surface area contributed by atoms with E-state index in [9.17, 15) is 0 Å². The molecule has 0 atom stereocenters. The van der Waals surface area contributed by atoms with Crippen molar-refractivity contribution >= 4 is 6.08 Å². The first kappa shape index (κ1) is 5.75. The molecule has 1 aromatic rings. The molecule has 0 aliphatic heterocycles. The van der Waals surface area contributed by atoms with Gasteiger partial charge in [-0.1, -0.05) is 0 Å². The summed E-state index contributed by atoms with van der Waals surface area (Å²) in [7, 11) is 0. The van der Waals surface area contributed by atoms with Gasteiger partial charge < -0.3 is 5.11 Å². The van der Waals surface area contributed by atoms with Crippen LogP contribution < -0.4 is 0 Å². The molecule has 0 aliphatic carbocycles. The third-order valence-corrected chi connectivity index (χ3v) is 0.809. The molecule has 46 valence electrons. The van der Waals surface area contributed by atoms with Crippen LogP contribution in [0.1, 0.15) is 5.82 Å². The lowest BCUT2D eigenvalue weighted by Crippen LogP contribution is -1.81. The molecule has 0 radical (unpaired) electrons. The van der Waals surface area contributed by atoms with Crippen LogP contribution in [0.4, 0.5) is 0 Å². The summed E-state index contributed by atoms with van der Waals surface area (Å²) in [4.78, 5) is 7.62. The minimum Gasteiger partial charge on any atom is -0.515 e. The molecule has 0 spiro atoms. The highest BCUT2D eigenvalue weighted by Crippen LogP contribution is 1.87. The molecule has 0 unspecified atom stereocenters. The van der Waals surface area contributed by atoms with Gasteiger partial charge in [0.1, 0.15) is 0 Å². The topological polar surface area (TPSA) is 46.0 Å². The van der Waals surface area contributed by atoms with Gasteiger partial charge in [-0.2, -0.15) is 0 Å². The van der Waals surface area contributed by atoms with E-state index in [0.29, 0.717) is 5.82 Å². The van der Waals surface area contributed by atoms with Crippen molar-refractivity contribution in [1.82, 2.24) is 9.97 Å². The van der Waals surface area contributed by atoms with Crippen LogP contribution in [-0.4, -0.2) is 15.1 Å². The summed E-state index contributed by atoms with van der Waals surface area (Å²) in [6.45, 7) is 0. The van der Waals surface area contributed by atoms with Gasteiger partial charge in [-0.3, -0.25) is 0 Å². The lowest BCUT2D eigenvalue weighted by Gasteiger charge is -1.84. The molecule has 1 rings (SSSR count). The number of hydrogen-bond donors (Lipinski definition) is 1. The summed E-state index contributed by atoms with van der Waals surface area (Å²) in [6.07, 6.45) is 5.56. The van der Waals surface area contributed by atoms with Crippen molar-refractivity contribution in [2.45, 2.75) is 0 Å². The van der Waals surface area contributed by atoms with E-state index >= 15 is 0 Å². The van der Waals surface area contributed by atoms with Gasteiger partial charge in [0.2, 0.25) is 0 Å². The first-order chi connectivity index (χ1) is 4.43. The van der Waals surface area contributed by atoms with E-state index in [-0.39, 0.29) is 0 Å².